The number of hydrogen-bond acceptors (Lipinski definition) is 6. The highest BCUT2D eigenvalue weighted by molar-refractivity contribution is 7.89. The fourth-order valence-corrected chi connectivity index (χ4v) is 4.30. The molecule has 0 aliphatic carbocycles. The summed E-state index contributed by atoms with van der Waals surface area (Å²) >= 11 is 5.82. The van der Waals surface area contributed by atoms with Gasteiger partial charge in [0.25, 0.3) is 0 Å². The molecule has 28 heavy (non-hydrogen) atoms. The summed E-state index contributed by atoms with van der Waals surface area (Å²) in [5.41, 5.74) is 0.0221. The van der Waals surface area contributed by atoms with Gasteiger partial charge in [-0.1, -0.05) is 11.6 Å². The van der Waals surface area contributed by atoms with Gasteiger partial charge in [-0.25, -0.2) is 23.2 Å². The minimum atomic E-state index is -3.75. The first-order valence-electron chi connectivity index (χ1n) is 8.85. The zero-order valence-corrected chi connectivity index (χ0v) is 16.9. The number of benzene rings is 1. The van der Waals surface area contributed by atoms with Gasteiger partial charge < -0.3 is 10.0 Å². The number of anilines is 1. The molecule has 0 spiro atoms. The molecule has 0 amide bonds. The number of piperidine rings is 1. The standard InChI is InChI=1S/C18H21ClN4O4S/c1-22(28(26,27)14-7-5-13(19)6-8-14)12-16-20-11-15(18(24)25)17(21-16)23-9-3-2-4-10-23/h5-8,11H,2-4,9-10,12H2,1H3,(H,24,25). The molecule has 8 nitrogen and oxygen atoms in total. The van der Waals surface area contributed by atoms with Gasteiger partial charge in [-0.3, -0.25) is 0 Å². The van der Waals surface area contributed by atoms with Gasteiger partial charge in [0.2, 0.25) is 10.0 Å². The Morgan fingerprint density at radius 2 is 1.86 bits per heavy atom. The predicted molar refractivity (Wildman–Crippen MR) is 105 cm³/mol. The summed E-state index contributed by atoms with van der Waals surface area (Å²) in [6, 6.07) is 5.88. The summed E-state index contributed by atoms with van der Waals surface area (Å²) in [6.07, 6.45) is 4.27. The Morgan fingerprint density at radius 1 is 1.21 bits per heavy atom. The van der Waals surface area contributed by atoms with Crippen molar-refractivity contribution in [2.45, 2.75) is 30.7 Å². The van der Waals surface area contributed by atoms with Gasteiger partial charge in [-0.15, -0.1) is 0 Å². The van der Waals surface area contributed by atoms with Gasteiger partial charge in [-0.05, 0) is 43.5 Å². The van der Waals surface area contributed by atoms with Gasteiger partial charge >= 0.3 is 5.97 Å². The lowest BCUT2D eigenvalue weighted by Gasteiger charge is -2.29. The van der Waals surface area contributed by atoms with Gasteiger partial charge in [0.1, 0.15) is 17.2 Å². The second kappa shape index (κ2) is 8.42. The number of rotatable bonds is 6. The highest BCUT2D eigenvalue weighted by Crippen LogP contribution is 2.23. The van der Waals surface area contributed by atoms with Crippen LogP contribution in [0, 0.1) is 0 Å². The van der Waals surface area contributed by atoms with E-state index in [9.17, 15) is 18.3 Å². The average molecular weight is 425 g/mol. The molecule has 1 aliphatic rings. The van der Waals surface area contributed by atoms with E-state index in [2.05, 4.69) is 9.97 Å². The van der Waals surface area contributed by atoms with Crippen LogP contribution in [0.15, 0.2) is 35.4 Å². The summed E-state index contributed by atoms with van der Waals surface area (Å²) in [5, 5.41) is 9.89. The summed E-state index contributed by atoms with van der Waals surface area (Å²) < 4.78 is 26.6. The molecule has 0 saturated carbocycles. The third-order valence-electron chi connectivity index (χ3n) is 4.59. The molecule has 10 heteroatoms. The van der Waals surface area contributed by atoms with Crippen LogP contribution >= 0.6 is 11.6 Å². The molecule has 3 rings (SSSR count). The molecule has 1 aromatic heterocycles. The lowest BCUT2D eigenvalue weighted by molar-refractivity contribution is 0.0696. The number of aromatic nitrogens is 2. The Balaban J connectivity index is 1.87. The molecule has 150 valence electrons. The summed E-state index contributed by atoms with van der Waals surface area (Å²) in [7, 11) is -2.32. The van der Waals surface area contributed by atoms with Crippen LogP contribution in [0.5, 0.6) is 0 Å². The van der Waals surface area contributed by atoms with Crippen molar-refractivity contribution in [1.29, 1.82) is 0 Å². The first kappa shape index (κ1) is 20.5. The van der Waals surface area contributed by atoms with E-state index < -0.39 is 16.0 Å². The van der Waals surface area contributed by atoms with Crippen LogP contribution in [0.2, 0.25) is 5.02 Å². The van der Waals surface area contributed by atoms with E-state index in [1.807, 2.05) is 4.90 Å². The van der Waals surface area contributed by atoms with Crippen molar-refractivity contribution in [3.63, 3.8) is 0 Å². The molecule has 0 radical (unpaired) electrons. The smallest absolute Gasteiger partial charge is 0.341 e. The van der Waals surface area contributed by atoms with E-state index >= 15 is 0 Å². The molecule has 1 saturated heterocycles. The van der Waals surface area contributed by atoms with Crippen molar-refractivity contribution in [1.82, 2.24) is 14.3 Å². The van der Waals surface area contributed by atoms with Crippen molar-refractivity contribution in [2.24, 2.45) is 0 Å². The van der Waals surface area contributed by atoms with E-state index in [4.69, 9.17) is 11.6 Å². The maximum absolute atomic E-state index is 12.7. The quantitative estimate of drug-likeness (QED) is 0.760. The number of carbonyl (C=O) groups is 1. The zero-order chi connectivity index (χ0) is 20.3. The van der Waals surface area contributed by atoms with Crippen molar-refractivity contribution in [2.75, 3.05) is 25.0 Å². The lowest BCUT2D eigenvalue weighted by Crippen LogP contribution is -2.33. The number of carboxylic acids is 1. The maximum atomic E-state index is 12.7. The van der Waals surface area contributed by atoms with Crippen molar-refractivity contribution < 1.29 is 18.3 Å². The Bertz CT molecular complexity index is 960. The minimum Gasteiger partial charge on any atom is -0.477 e. The molecular formula is C18H21ClN4O4S. The van der Waals surface area contributed by atoms with Crippen LogP contribution < -0.4 is 4.90 Å². The molecule has 0 bridgehead atoms. The fraction of sp³-hybridized carbons (Fsp3) is 0.389. The second-order valence-corrected chi connectivity index (χ2v) is 9.07. The minimum absolute atomic E-state index is 0.0221. The van der Waals surface area contributed by atoms with Gasteiger partial charge in [0.05, 0.1) is 11.4 Å². The maximum Gasteiger partial charge on any atom is 0.341 e. The first-order valence-corrected chi connectivity index (χ1v) is 10.7. The Labute approximate surface area is 168 Å². The average Bonchev–Trinajstić information content (AvgIpc) is 2.68. The molecule has 0 atom stereocenters. The van der Waals surface area contributed by atoms with Gasteiger partial charge in [0.15, 0.2) is 0 Å². The van der Waals surface area contributed by atoms with Crippen molar-refractivity contribution in [3.05, 3.63) is 46.9 Å². The topological polar surface area (TPSA) is 104 Å². The predicted octanol–water partition coefficient (Wildman–Crippen LogP) is 2.64. The Morgan fingerprint density at radius 3 is 2.46 bits per heavy atom. The van der Waals surface area contributed by atoms with Crippen LogP contribution in [0.25, 0.3) is 0 Å². The summed E-state index contributed by atoms with van der Waals surface area (Å²) in [6.45, 7) is 1.36. The van der Waals surface area contributed by atoms with E-state index in [1.165, 1.54) is 37.5 Å². The second-order valence-electron chi connectivity index (χ2n) is 6.59. The SMILES string of the molecule is CN(Cc1ncc(C(=O)O)c(N2CCCCC2)n1)S(=O)(=O)c1ccc(Cl)cc1. The number of carboxylic acid groups (broad SMARTS) is 1. The molecule has 0 unspecified atom stereocenters. The number of aromatic carboxylic acids is 1. The number of hydrogen-bond donors (Lipinski definition) is 1. The van der Waals surface area contributed by atoms with E-state index in [0.29, 0.717) is 10.8 Å². The highest BCUT2D eigenvalue weighted by Gasteiger charge is 2.25. The Hall–Kier alpha value is -2.23. The summed E-state index contributed by atoms with van der Waals surface area (Å²) in [4.78, 5) is 22.0. The van der Waals surface area contributed by atoms with E-state index in [-0.39, 0.29) is 22.8 Å². The number of sulfonamides is 1. The highest BCUT2D eigenvalue weighted by atomic mass is 35.5. The molecule has 1 aromatic carbocycles. The van der Waals surface area contributed by atoms with Crippen LogP contribution in [0.4, 0.5) is 5.82 Å². The molecule has 2 heterocycles. The van der Waals surface area contributed by atoms with Crippen LogP contribution in [-0.4, -0.2) is 53.9 Å². The van der Waals surface area contributed by atoms with Gasteiger partial charge in [-0.2, -0.15) is 4.31 Å². The molecular weight excluding hydrogens is 404 g/mol. The fourth-order valence-electron chi connectivity index (χ4n) is 3.05. The monoisotopic (exact) mass is 424 g/mol. The third-order valence-corrected chi connectivity index (χ3v) is 6.66. The van der Waals surface area contributed by atoms with E-state index in [1.54, 1.807) is 0 Å². The van der Waals surface area contributed by atoms with Crippen LogP contribution in [0.3, 0.4) is 0 Å². The van der Waals surface area contributed by atoms with Crippen LogP contribution in [0.1, 0.15) is 35.4 Å². The zero-order valence-electron chi connectivity index (χ0n) is 15.4. The molecule has 1 N–H and O–H groups in total. The Kier molecular flexibility index (Phi) is 6.17. The van der Waals surface area contributed by atoms with Crippen molar-refractivity contribution in [3.8, 4) is 0 Å². The molecule has 1 fully saturated rings. The number of nitrogens with zero attached hydrogens (tertiary/aromatic N) is 4. The van der Waals surface area contributed by atoms with Crippen molar-refractivity contribution >= 4 is 33.4 Å². The first-order chi connectivity index (χ1) is 13.3. The molecule has 1 aliphatic heterocycles. The van der Waals surface area contributed by atoms with E-state index in [0.717, 1.165) is 36.7 Å². The number of halogens is 1. The molecule has 2 aromatic rings. The largest absolute Gasteiger partial charge is 0.477 e. The normalized spacial score (nSPS) is 15.0. The summed E-state index contributed by atoms with van der Waals surface area (Å²) in [5.74, 6) is -0.519. The van der Waals surface area contributed by atoms with Gasteiger partial charge in [0, 0.05) is 31.4 Å². The third kappa shape index (κ3) is 4.43. The van der Waals surface area contributed by atoms with Crippen LogP contribution in [-0.2, 0) is 16.6 Å². The lowest BCUT2D eigenvalue weighted by atomic mass is 10.1.